The molecule has 1 aliphatic rings. The molecule has 4 heterocycles. The van der Waals surface area contributed by atoms with Crippen molar-refractivity contribution in [1.29, 1.82) is 0 Å². The van der Waals surface area contributed by atoms with Crippen LogP contribution in [0.5, 0.6) is 0 Å². The minimum Gasteiger partial charge on any atom is -0.379 e. The highest BCUT2D eigenvalue weighted by atomic mass is 16.3. The maximum Gasteiger partial charge on any atom is 0.155 e. The Morgan fingerprint density at radius 2 is 2.07 bits per heavy atom. The maximum absolute atomic E-state index is 10.6. The quantitative estimate of drug-likeness (QED) is 0.740. The van der Waals surface area contributed by atoms with Crippen LogP contribution in [0, 0.1) is 6.92 Å². The van der Waals surface area contributed by atoms with Crippen LogP contribution in [0.4, 0.5) is 5.82 Å². The maximum atomic E-state index is 10.6. The Morgan fingerprint density at radius 3 is 2.81 bits per heavy atom. The predicted molar refractivity (Wildman–Crippen MR) is 101 cm³/mol. The molecule has 3 aromatic heterocycles. The third-order valence-corrected chi connectivity index (χ3v) is 4.91. The standard InChI is InChI=1S/C19H25N7O/c1-4-5-14-10-17(22-13(2)21-14)25-8-9-26-15(12-25)11-16(23-26)18(27)19-20-6-7-24(19)3/h6-7,10-11,18,27H,4-5,8-9,12H2,1-3H3. The van der Waals surface area contributed by atoms with Crippen LogP contribution in [0.1, 0.15) is 48.2 Å². The summed E-state index contributed by atoms with van der Waals surface area (Å²) in [5, 5.41) is 15.2. The number of nitrogens with zero attached hydrogens (tertiary/aromatic N) is 7. The normalized spacial score (nSPS) is 15.0. The van der Waals surface area contributed by atoms with Crippen molar-refractivity contribution in [3.05, 3.63) is 53.3 Å². The lowest BCUT2D eigenvalue weighted by atomic mass is 10.2. The summed E-state index contributed by atoms with van der Waals surface area (Å²) < 4.78 is 3.78. The number of aromatic nitrogens is 6. The molecule has 0 amide bonds. The summed E-state index contributed by atoms with van der Waals surface area (Å²) >= 11 is 0. The molecule has 1 atom stereocenters. The molecule has 27 heavy (non-hydrogen) atoms. The zero-order chi connectivity index (χ0) is 19.0. The fourth-order valence-electron chi connectivity index (χ4n) is 3.55. The van der Waals surface area contributed by atoms with Gasteiger partial charge in [0.05, 0.1) is 24.5 Å². The molecule has 1 unspecified atom stereocenters. The predicted octanol–water partition coefficient (Wildman–Crippen LogP) is 1.77. The van der Waals surface area contributed by atoms with E-state index >= 15 is 0 Å². The highest BCUT2D eigenvalue weighted by Crippen LogP contribution is 2.25. The molecule has 0 aromatic carbocycles. The zero-order valence-corrected chi connectivity index (χ0v) is 16.0. The first-order valence-corrected chi connectivity index (χ1v) is 9.36. The smallest absolute Gasteiger partial charge is 0.155 e. The largest absolute Gasteiger partial charge is 0.379 e. The van der Waals surface area contributed by atoms with Crippen LogP contribution in [0.3, 0.4) is 0 Å². The van der Waals surface area contributed by atoms with E-state index in [0.29, 0.717) is 18.1 Å². The number of hydrogen-bond acceptors (Lipinski definition) is 6. The van der Waals surface area contributed by atoms with Crippen molar-refractivity contribution < 1.29 is 5.11 Å². The molecule has 8 heteroatoms. The topological polar surface area (TPSA) is 84.9 Å². The third-order valence-electron chi connectivity index (χ3n) is 4.91. The van der Waals surface area contributed by atoms with Crippen LogP contribution in [0.15, 0.2) is 24.5 Å². The molecule has 142 valence electrons. The van der Waals surface area contributed by atoms with E-state index in [1.165, 1.54) is 0 Å². The van der Waals surface area contributed by atoms with Gasteiger partial charge in [0, 0.05) is 37.7 Å². The Labute approximate surface area is 158 Å². The molecule has 3 aromatic rings. The lowest BCUT2D eigenvalue weighted by molar-refractivity contribution is 0.200. The van der Waals surface area contributed by atoms with Gasteiger partial charge in [-0.1, -0.05) is 13.3 Å². The Kier molecular flexibility index (Phi) is 4.65. The van der Waals surface area contributed by atoms with Crippen molar-refractivity contribution in [2.75, 3.05) is 11.4 Å². The first-order valence-electron chi connectivity index (χ1n) is 9.36. The minimum absolute atomic E-state index is 0.595. The average molecular weight is 367 g/mol. The molecule has 0 fully saturated rings. The Balaban J connectivity index is 1.57. The molecule has 4 rings (SSSR count). The summed E-state index contributed by atoms with van der Waals surface area (Å²) in [6.07, 6.45) is 4.71. The van der Waals surface area contributed by atoms with E-state index in [-0.39, 0.29) is 0 Å². The van der Waals surface area contributed by atoms with Gasteiger partial charge in [-0.25, -0.2) is 15.0 Å². The van der Waals surface area contributed by atoms with Gasteiger partial charge in [-0.3, -0.25) is 4.68 Å². The second-order valence-electron chi connectivity index (χ2n) is 7.02. The van der Waals surface area contributed by atoms with Gasteiger partial charge in [-0.15, -0.1) is 0 Å². The van der Waals surface area contributed by atoms with Crippen molar-refractivity contribution >= 4 is 5.82 Å². The summed E-state index contributed by atoms with van der Waals surface area (Å²) in [5.41, 5.74) is 2.79. The summed E-state index contributed by atoms with van der Waals surface area (Å²) in [6, 6.07) is 4.05. The number of anilines is 1. The lowest BCUT2D eigenvalue weighted by Crippen LogP contribution is -2.34. The Hall–Kier alpha value is -2.74. The number of imidazole rings is 1. The van der Waals surface area contributed by atoms with E-state index in [4.69, 9.17) is 0 Å². The number of hydrogen-bond donors (Lipinski definition) is 1. The van der Waals surface area contributed by atoms with E-state index in [1.807, 2.05) is 35.5 Å². The van der Waals surface area contributed by atoms with Crippen LogP contribution >= 0.6 is 0 Å². The number of rotatable bonds is 5. The first kappa shape index (κ1) is 17.7. The van der Waals surface area contributed by atoms with Crippen LogP contribution in [-0.4, -0.2) is 41.0 Å². The SMILES string of the molecule is CCCc1cc(N2CCn3nc(C(O)c4nccn4C)cc3C2)nc(C)n1. The first-order chi connectivity index (χ1) is 13.0. The second kappa shape index (κ2) is 7.11. The van der Waals surface area contributed by atoms with Crippen LogP contribution in [0.25, 0.3) is 0 Å². The van der Waals surface area contributed by atoms with Crippen LogP contribution in [0.2, 0.25) is 0 Å². The van der Waals surface area contributed by atoms with Gasteiger partial charge in [0.1, 0.15) is 17.5 Å². The number of fused-ring (bicyclic) bond motifs is 1. The van der Waals surface area contributed by atoms with Gasteiger partial charge < -0.3 is 14.6 Å². The van der Waals surface area contributed by atoms with E-state index in [2.05, 4.69) is 37.9 Å². The molecule has 0 saturated heterocycles. The zero-order valence-electron chi connectivity index (χ0n) is 16.0. The van der Waals surface area contributed by atoms with Gasteiger partial charge in [-0.2, -0.15) is 5.10 Å². The molecular weight excluding hydrogens is 342 g/mol. The summed E-state index contributed by atoms with van der Waals surface area (Å²) in [4.78, 5) is 15.6. The Morgan fingerprint density at radius 1 is 1.22 bits per heavy atom. The van der Waals surface area contributed by atoms with Gasteiger partial charge in [-0.05, 0) is 19.4 Å². The molecule has 0 radical (unpaired) electrons. The summed E-state index contributed by atoms with van der Waals surface area (Å²) in [6.45, 7) is 6.40. The van der Waals surface area contributed by atoms with Gasteiger partial charge >= 0.3 is 0 Å². The van der Waals surface area contributed by atoms with Gasteiger partial charge in [0.25, 0.3) is 0 Å². The number of aliphatic hydroxyl groups excluding tert-OH is 1. The number of aryl methyl sites for hydroxylation is 3. The average Bonchev–Trinajstić information content (AvgIpc) is 3.26. The van der Waals surface area contributed by atoms with Crippen molar-refractivity contribution in [3.63, 3.8) is 0 Å². The summed E-state index contributed by atoms with van der Waals surface area (Å²) in [7, 11) is 1.87. The molecule has 1 N–H and O–H groups in total. The second-order valence-corrected chi connectivity index (χ2v) is 7.02. The number of aliphatic hydroxyl groups is 1. The summed E-state index contributed by atoms with van der Waals surface area (Å²) in [5.74, 6) is 2.36. The third kappa shape index (κ3) is 3.44. The highest BCUT2D eigenvalue weighted by molar-refractivity contribution is 5.41. The monoisotopic (exact) mass is 367 g/mol. The van der Waals surface area contributed by atoms with E-state index in [1.54, 1.807) is 6.20 Å². The Bertz CT molecular complexity index is 945. The van der Waals surface area contributed by atoms with Crippen LogP contribution in [-0.2, 0) is 26.6 Å². The van der Waals surface area contributed by atoms with Crippen molar-refractivity contribution in [1.82, 2.24) is 29.3 Å². The van der Waals surface area contributed by atoms with E-state index < -0.39 is 6.10 Å². The van der Waals surface area contributed by atoms with Gasteiger partial charge in [0.15, 0.2) is 6.10 Å². The van der Waals surface area contributed by atoms with Crippen LogP contribution < -0.4 is 4.90 Å². The van der Waals surface area contributed by atoms with Crippen molar-refractivity contribution in [3.8, 4) is 0 Å². The lowest BCUT2D eigenvalue weighted by Gasteiger charge is -2.29. The fraction of sp³-hybridized carbons (Fsp3) is 0.474. The molecule has 8 nitrogen and oxygen atoms in total. The fourth-order valence-corrected chi connectivity index (χ4v) is 3.55. The molecule has 0 aliphatic carbocycles. The van der Waals surface area contributed by atoms with E-state index in [9.17, 15) is 5.11 Å². The molecule has 1 aliphatic heterocycles. The molecular formula is C19H25N7O. The minimum atomic E-state index is -0.825. The van der Waals surface area contributed by atoms with Crippen molar-refractivity contribution in [2.24, 2.45) is 7.05 Å². The molecule has 0 bridgehead atoms. The van der Waals surface area contributed by atoms with E-state index in [0.717, 1.165) is 49.0 Å². The highest BCUT2D eigenvalue weighted by Gasteiger charge is 2.24. The molecule has 0 saturated carbocycles. The molecule has 0 spiro atoms. The van der Waals surface area contributed by atoms with Gasteiger partial charge in [0.2, 0.25) is 0 Å². The van der Waals surface area contributed by atoms with Crippen molar-refractivity contribution in [2.45, 2.75) is 45.9 Å².